The van der Waals surface area contributed by atoms with Crippen molar-refractivity contribution in [2.24, 2.45) is 0 Å². The first-order chi connectivity index (χ1) is 9.75. The van der Waals surface area contributed by atoms with Crippen LogP contribution >= 0.6 is 0 Å². The number of hydrogen-bond donors (Lipinski definition) is 1. The Balaban J connectivity index is 2.28. The van der Waals surface area contributed by atoms with Gasteiger partial charge in [-0.25, -0.2) is 4.79 Å². The Hall–Kier alpha value is -2.88. The molecule has 2 aliphatic rings. The molecular formula is C16H7NO3. The zero-order chi connectivity index (χ0) is 13.4. The lowest BCUT2D eigenvalue weighted by atomic mass is 10.0. The van der Waals surface area contributed by atoms with Crippen LogP contribution in [0.15, 0.2) is 45.9 Å². The van der Waals surface area contributed by atoms with Crippen molar-refractivity contribution in [3.63, 3.8) is 0 Å². The molecule has 2 aromatic carbocycles. The molecule has 1 aliphatic heterocycles. The number of aromatic hydroxyl groups is 1. The van der Waals surface area contributed by atoms with Crippen LogP contribution in [0, 0.1) is 0 Å². The van der Waals surface area contributed by atoms with E-state index in [4.69, 9.17) is 4.42 Å². The fourth-order valence-electron chi connectivity index (χ4n) is 3.25. The van der Waals surface area contributed by atoms with Crippen LogP contribution in [-0.4, -0.2) is 10.1 Å². The Labute approximate surface area is 111 Å². The number of benzene rings is 2. The van der Waals surface area contributed by atoms with E-state index in [1.807, 2.05) is 24.5 Å². The van der Waals surface area contributed by atoms with Crippen LogP contribution in [0.1, 0.15) is 0 Å². The van der Waals surface area contributed by atoms with Crippen LogP contribution in [-0.2, 0) is 0 Å². The number of fused-ring (bicyclic) bond motifs is 3. The molecule has 1 aromatic heterocycles. The quantitative estimate of drug-likeness (QED) is 0.465. The van der Waals surface area contributed by atoms with Crippen LogP contribution in [0.2, 0.25) is 0 Å². The summed E-state index contributed by atoms with van der Waals surface area (Å²) in [6, 6.07) is 7.40. The minimum absolute atomic E-state index is 0.323. The summed E-state index contributed by atoms with van der Waals surface area (Å²) in [7, 11) is 0. The third kappa shape index (κ3) is 0.924. The maximum atomic E-state index is 11.9. The third-order valence-corrected chi connectivity index (χ3v) is 4.08. The van der Waals surface area contributed by atoms with E-state index in [0.29, 0.717) is 10.8 Å². The van der Waals surface area contributed by atoms with Gasteiger partial charge in [-0.2, -0.15) is 0 Å². The minimum atomic E-state index is -0.511. The standard InChI is InChI=1S/C16H7NO3/c18-15-9-3-1-7-11-5-17-6-12(11)8-2-4-10(16(19)20-15)14(9)13(7)8/h1-6,18H. The fourth-order valence-corrected chi connectivity index (χ4v) is 3.25. The molecular weight excluding hydrogens is 254 g/mol. The Morgan fingerprint density at radius 2 is 1.40 bits per heavy atom. The predicted octanol–water partition coefficient (Wildman–Crippen LogP) is 3.18. The summed E-state index contributed by atoms with van der Waals surface area (Å²) in [5, 5.41) is 14.8. The number of rotatable bonds is 0. The van der Waals surface area contributed by atoms with Gasteiger partial charge in [-0.05, 0) is 28.3 Å². The summed E-state index contributed by atoms with van der Waals surface area (Å²) < 4.78 is 4.88. The molecule has 94 valence electrons. The second-order valence-corrected chi connectivity index (χ2v) is 5.00. The van der Waals surface area contributed by atoms with Crippen molar-refractivity contribution in [3.05, 3.63) is 47.1 Å². The molecule has 1 N–H and O–H groups in total. The van der Waals surface area contributed by atoms with E-state index in [0.717, 1.165) is 32.7 Å². The Morgan fingerprint density at radius 1 is 0.850 bits per heavy atom. The summed E-state index contributed by atoms with van der Waals surface area (Å²) in [5.41, 5.74) is 1.63. The summed E-state index contributed by atoms with van der Waals surface area (Å²) in [4.78, 5) is 16.1. The number of nitrogens with zero attached hydrogens (tertiary/aromatic N) is 1. The molecule has 5 rings (SSSR count). The maximum absolute atomic E-state index is 11.9. The molecule has 4 nitrogen and oxygen atoms in total. The molecule has 0 spiro atoms. The summed E-state index contributed by atoms with van der Waals surface area (Å²) in [6.45, 7) is 0. The van der Waals surface area contributed by atoms with Crippen LogP contribution < -0.4 is 5.63 Å². The van der Waals surface area contributed by atoms with Gasteiger partial charge in [0.2, 0.25) is 0 Å². The topological polar surface area (TPSA) is 63.3 Å². The highest BCUT2D eigenvalue weighted by Gasteiger charge is 2.22. The monoisotopic (exact) mass is 261 g/mol. The average molecular weight is 261 g/mol. The fraction of sp³-hybridized carbons (Fsp3) is 0. The molecule has 4 heteroatoms. The molecule has 3 aromatic rings. The lowest BCUT2D eigenvalue weighted by Gasteiger charge is -2.05. The minimum Gasteiger partial charge on any atom is -0.480 e. The first-order valence-corrected chi connectivity index (χ1v) is 6.25. The molecule has 0 unspecified atom stereocenters. The Kier molecular flexibility index (Phi) is 1.49. The zero-order valence-electron chi connectivity index (χ0n) is 10.2. The summed E-state index contributed by atoms with van der Waals surface area (Å²) >= 11 is 0. The van der Waals surface area contributed by atoms with Crippen molar-refractivity contribution in [1.29, 1.82) is 0 Å². The smallest absolute Gasteiger partial charge is 0.346 e. The van der Waals surface area contributed by atoms with Crippen LogP contribution in [0.5, 0.6) is 5.95 Å². The van der Waals surface area contributed by atoms with Gasteiger partial charge in [-0.3, -0.25) is 4.98 Å². The lowest BCUT2D eigenvalue weighted by Crippen LogP contribution is -1.99. The van der Waals surface area contributed by atoms with E-state index < -0.39 is 5.63 Å². The van der Waals surface area contributed by atoms with Crippen molar-refractivity contribution in [3.8, 4) is 17.1 Å². The Bertz CT molecular complexity index is 1100. The van der Waals surface area contributed by atoms with Crippen molar-refractivity contribution < 1.29 is 9.52 Å². The van der Waals surface area contributed by atoms with Crippen molar-refractivity contribution in [1.82, 2.24) is 4.98 Å². The van der Waals surface area contributed by atoms with Crippen molar-refractivity contribution in [2.45, 2.75) is 0 Å². The van der Waals surface area contributed by atoms with Crippen molar-refractivity contribution >= 4 is 32.3 Å². The highest BCUT2D eigenvalue weighted by Crippen LogP contribution is 2.45. The van der Waals surface area contributed by atoms with Gasteiger partial charge in [-0.1, -0.05) is 12.1 Å². The normalized spacial score (nSPS) is 12.4. The van der Waals surface area contributed by atoms with Gasteiger partial charge in [0, 0.05) is 28.9 Å². The van der Waals surface area contributed by atoms with Gasteiger partial charge < -0.3 is 9.52 Å². The number of hydrogen-bond acceptors (Lipinski definition) is 4. The van der Waals surface area contributed by atoms with Crippen LogP contribution in [0.4, 0.5) is 0 Å². The third-order valence-electron chi connectivity index (χ3n) is 4.08. The van der Waals surface area contributed by atoms with Gasteiger partial charge in [0.05, 0.1) is 10.8 Å². The van der Waals surface area contributed by atoms with E-state index in [2.05, 4.69) is 4.98 Å². The molecule has 2 heterocycles. The molecule has 0 saturated carbocycles. The molecule has 0 fully saturated rings. The average Bonchev–Trinajstić information content (AvgIpc) is 3.02. The van der Waals surface area contributed by atoms with E-state index in [1.165, 1.54) is 0 Å². The van der Waals surface area contributed by atoms with Gasteiger partial charge >= 0.3 is 5.63 Å². The predicted molar refractivity (Wildman–Crippen MR) is 75.9 cm³/mol. The number of aromatic nitrogens is 1. The highest BCUT2D eigenvalue weighted by atomic mass is 16.5. The highest BCUT2D eigenvalue weighted by molar-refractivity contribution is 6.31. The largest absolute Gasteiger partial charge is 0.480 e. The molecule has 20 heavy (non-hydrogen) atoms. The summed E-state index contributed by atoms with van der Waals surface area (Å²) in [6.07, 6.45) is 3.66. The van der Waals surface area contributed by atoms with Crippen LogP contribution in [0.25, 0.3) is 43.4 Å². The summed E-state index contributed by atoms with van der Waals surface area (Å²) in [5.74, 6) is -0.323. The molecule has 0 amide bonds. The zero-order valence-corrected chi connectivity index (χ0v) is 10.2. The van der Waals surface area contributed by atoms with Crippen LogP contribution in [0.3, 0.4) is 0 Å². The van der Waals surface area contributed by atoms with Gasteiger partial charge in [-0.15, -0.1) is 0 Å². The molecule has 1 aliphatic carbocycles. The van der Waals surface area contributed by atoms with Gasteiger partial charge in [0.1, 0.15) is 0 Å². The molecule has 0 radical (unpaired) electrons. The lowest BCUT2D eigenvalue weighted by molar-refractivity contribution is 0.319. The second-order valence-electron chi connectivity index (χ2n) is 5.00. The molecule has 0 bridgehead atoms. The van der Waals surface area contributed by atoms with E-state index >= 15 is 0 Å². The van der Waals surface area contributed by atoms with Gasteiger partial charge in [0.25, 0.3) is 5.95 Å². The molecule has 0 saturated heterocycles. The van der Waals surface area contributed by atoms with Crippen molar-refractivity contribution in [2.75, 3.05) is 0 Å². The van der Waals surface area contributed by atoms with E-state index in [1.54, 1.807) is 12.1 Å². The van der Waals surface area contributed by atoms with Gasteiger partial charge in [0.15, 0.2) is 0 Å². The SMILES string of the molecule is O=c1oc(O)c2ccc3c4cncc-4c4ccc1c2c34. The van der Waals surface area contributed by atoms with E-state index in [-0.39, 0.29) is 5.95 Å². The molecule has 0 atom stereocenters. The first-order valence-electron chi connectivity index (χ1n) is 6.25. The van der Waals surface area contributed by atoms with E-state index in [9.17, 15) is 9.90 Å². The Morgan fingerprint density at radius 3 is 2.10 bits per heavy atom. The first kappa shape index (κ1) is 9.97. The maximum Gasteiger partial charge on any atom is 0.346 e. The second kappa shape index (κ2) is 2.99.